The van der Waals surface area contributed by atoms with Crippen molar-refractivity contribution < 1.29 is 22.3 Å². The standard InChI is InChI=1S/C13H12F4N2O/c1-20-10-4-2-3-9-8(10)5-6-18-11(9)19-7-13(16,17)12(14)15/h2-6,12H,7H2,1H3,(H,18,19). The summed E-state index contributed by atoms with van der Waals surface area (Å²) in [6.45, 7) is -1.19. The van der Waals surface area contributed by atoms with Crippen LogP contribution in [-0.2, 0) is 0 Å². The van der Waals surface area contributed by atoms with Gasteiger partial charge in [0.2, 0.25) is 0 Å². The van der Waals surface area contributed by atoms with E-state index in [4.69, 9.17) is 4.74 Å². The average molecular weight is 288 g/mol. The lowest BCUT2D eigenvalue weighted by Gasteiger charge is -2.17. The highest BCUT2D eigenvalue weighted by Gasteiger charge is 2.40. The summed E-state index contributed by atoms with van der Waals surface area (Å²) in [6, 6.07) is 6.68. The fraction of sp³-hybridized carbons (Fsp3) is 0.308. The van der Waals surface area contributed by atoms with Crippen molar-refractivity contribution in [3.8, 4) is 5.75 Å². The quantitative estimate of drug-likeness (QED) is 0.854. The van der Waals surface area contributed by atoms with Gasteiger partial charge in [-0.1, -0.05) is 12.1 Å². The molecule has 0 bridgehead atoms. The maximum atomic E-state index is 12.9. The zero-order valence-electron chi connectivity index (χ0n) is 10.5. The van der Waals surface area contributed by atoms with E-state index in [1.165, 1.54) is 13.3 Å². The molecule has 108 valence electrons. The third-order valence-electron chi connectivity index (χ3n) is 2.80. The van der Waals surface area contributed by atoms with Crippen LogP contribution in [0.25, 0.3) is 10.8 Å². The maximum absolute atomic E-state index is 12.9. The van der Waals surface area contributed by atoms with Crippen LogP contribution in [0.5, 0.6) is 5.75 Å². The molecule has 0 aliphatic carbocycles. The van der Waals surface area contributed by atoms with Gasteiger partial charge in [-0.3, -0.25) is 0 Å². The number of alkyl halides is 4. The van der Waals surface area contributed by atoms with E-state index in [9.17, 15) is 17.6 Å². The van der Waals surface area contributed by atoms with E-state index in [2.05, 4.69) is 10.3 Å². The minimum Gasteiger partial charge on any atom is -0.496 e. The first-order chi connectivity index (χ1) is 9.45. The van der Waals surface area contributed by atoms with E-state index >= 15 is 0 Å². The zero-order valence-corrected chi connectivity index (χ0v) is 10.5. The molecular weight excluding hydrogens is 276 g/mol. The largest absolute Gasteiger partial charge is 0.496 e. The molecule has 2 aromatic rings. The number of nitrogens with zero attached hydrogens (tertiary/aromatic N) is 1. The Bertz CT molecular complexity index is 604. The van der Waals surface area contributed by atoms with Crippen LogP contribution in [0.3, 0.4) is 0 Å². The number of rotatable bonds is 5. The van der Waals surface area contributed by atoms with E-state index in [0.717, 1.165) is 0 Å². The number of anilines is 1. The first-order valence-corrected chi connectivity index (χ1v) is 5.77. The normalized spacial score (nSPS) is 11.9. The number of aromatic nitrogens is 1. The smallest absolute Gasteiger partial charge is 0.324 e. The molecule has 0 amide bonds. The Kier molecular flexibility index (Phi) is 3.96. The minimum atomic E-state index is -4.11. The summed E-state index contributed by atoms with van der Waals surface area (Å²) >= 11 is 0. The second kappa shape index (κ2) is 5.52. The molecule has 0 atom stereocenters. The van der Waals surface area contributed by atoms with Crippen LogP contribution < -0.4 is 10.1 Å². The molecule has 1 heterocycles. The van der Waals surface area contributed by atoms with Crippen LogP contribution in [0.1, 0.15) is 0 Å². The zero-order chi connectivity index (χ0) is 14.8. The number of halogens is 4. The van der Waals surface area contributed by atoms with Gasteiger partial charge < -0.3 is 10.1 Å². The molecule has 0 aliphatic rings. The van der Waals surface area contributed by atoms with Gasteiger partial charge in [0.05, 0.1) is 13.7 Å². The van der Waals surface area contributed by atoms with E-state index in [1.807, 2.05) is 0 Å². The van der Waals surface area contributed by atoms with Crippen molar-refractivity contribution in [2.24, 2.45) is 0 Å². The number of methoxy groups -OCH3 is 1. The molecule has 1 aromatic heterocycles. The van der Waals surface area contributed by atoms with Gasteiger partial charge in [0.1, 0.15) is 11.6 Å². The van der Waals surface area contributed by atoms with Crippen molar-refractivity contribution in [2.45, 2.75) is 12.3 Å². The fourth-order valence-electron chi connectivity index (χ4n) is 1.78. The van der Waals surface area contributed by atoms with Crippen LogP contribution >= 0.6 is 0 Å². The van der Waals surface area contributed by atoms with Gasteiger partial charge >= 0.3 is 12.3 Å². The molecule has 0 saturated carbocycles. The number of benzene rings is 1. The Morgan fingerprint density at radius 2 is 2.00 bits per heavy atom. The van der Waals surface area contributed by atoms with Crippen molar-refractivity contribution in [3.05, 3.63) is 30.5 Å². The van der Waals surface area contributed by atoms with Crippen LogP contribution in [0.4, 0.5) is 23.4 Å². The van der Waals surface area contributed by atoms with Crippen molar-refractivity contribution >= 4 is 16.6 Å². The van der Waals surface area contributed by atoms with Gasteiger partial charge in [-0.2, -0.15) is 8.78 Å². The summed E-state index contributed by atoms with van der Waals surface area (Å²) in [6.07, 6.45) is -2.33. The lowest BCUT2D eigenvalue weighted by Crippen LogP contribution is -2.35. The molecule has 0 saturated heterocycles. The Hall–Kier alpha value is -2.05. The van der Waals surface area contributed by atoms with Gasteiger partial charge in [0.25, 0.3) is 0 Å². The number of nitrogens with one attached hydrogen (secondary N) is 1. The van der Waals surface area contributed by atoms with Gasteiger partial charge in [-0.05, 0) is 12.1 Å². The predicted molar refractivity (Wildman–Crippen MR) is 67.7 cm³/mol. The lowest BCUT2D eigenvalue weighted by molar-refractivity contribution is -0.117. The second-order valence-electron chi connectivity index (χ2n) is 4.13. The molecule has 0 unspecified atom stereocenters. The summed E-state index contributed by atoms with van der Waals surface area (Å²) in [7, 11) is 1.48. The van der Waals surface area contributed by atoms with Gasteiger partial charge in [0.15, 0.2) is 0 Å². The second-order valence-corrected chi connectivity index (χ2v) is 4.13. The Morgan fingerprint density at radius 1 is 1.25 bits per heavy atom. The molecular formula is C13H12F4N2O. The molecule has 20 heavy (non-hydrogen) atoms. The highest BCUT2D eigenvalue weighted by atomic mass is 19.3. The highest BCUT2D eigenvalue weighted by Crippen LogP contribution is 2.30. The minimum absolute atomic E-state index is 0.113. The summed E-state index contributed by atoms with van der Waals surface area (Å²) in [5.41, 5.74) is 0. The molecule has 2 rings (SSSR count). The van der Waals surface area contributed by atoms with Crippen molar-refractivity contribution in [2.75, 3.05) is 19.0 Å². The lowest BCUT2D eigenvalue weighted by atomic mass is 10.1. The summed E-state index contributed by atoms with van der Waals surface area (Å²) in [4.78, 5) is 3.90. The molecule has 0 fully saturated rings. The van der Waals surface area contributed by atoms with Gasteiger partial charge in [0, 0.05) is 17.0 Å². The first kappa shape index (κ1) is 14.4. The molecule has 3 nitrogen and oxygen atoms in total. The summed E-state index contributed by atoms with van der Waals surface area (Å²) < 4.78 is 55.2. The number of pyridine rings is 1. The van der Waals surface area contributed by atoms with Gasteiger partial charge in [-0.15, -0.1) is 0 Å². The van der Waals surface area contributed by atoms with Crippen LogP contribution in [0, 0.1) is 0 Å². The van der Waals surface area contributed by atoms with Gasteiger partial charge in [-0.25, -0.2) is 13.8 Å². The molecule has 0 aliphatic heterocycles. The summed E-state index contributed by atoms with van der Waals surface area (Å²) in [5.74, 6) is -3.45. The molecule has 0 spiro atoms. The molecule has 0 radical (unpaired) electrons. The molecule has 1 aromatic carbocycles. The van der Waals surface area contributed by atoms with Crippen molar-refractivity contribution in [3.63, 3.8) is 0 Å². The van der Waals surface area contributed by atoms with E-state index in [-0.39, 0.29) is 5.82 Å². The van der Waals surface area contributed by atoms with E-state index < -0.39 is 18.9 Å². The SMILES string of the molecule is COc1cccc2c(NCC(F)(F)C(F)F)nccc12. The number of fused-ring (bicyclic) bond motifs is 1. The number of ether oxygens (including phenoxy) is 1. The third kappa shape index (κ3) is 2.76. The highest BCUT2D eigenvalue weighted by molar-refractivity contribution is 5.95. The van der Waals surface area contributed by atoms with Crippen molar-refractivity contribution in [1.29, 1.82) is 0 Å². The molecule has 1 N–H and O–H groups in total. The Labute approximate surface area is 112 Å². The number of hydrogen-bond donors (Lipinski definition) is 1. The summed E-state index contributed by atoms with van der Waals surface area (Å²) in [5, 5.41) is 3.45. The fourth-order valence-corrected chi connectivity index (χ4v) is 1.78. The monoisotopic (exact) mass is 288 g/mol. The van der Waals surface area contributed by atoms with E-state index in [1.54, 1.807) is 24.3 Å². The first-order valence-electron chi connectivity index (χ1n) is 5.77. The Morgan fingerprint density at radius 3 is 2.65 bits per heavy atom. The number of hydrogen-bond acceptors (Lipinski definition) is 3. The average Bonchev–Trinajstić information content (AvgIpc) is 2.44. The van der Waals surface area contributed by atoms with Crippen LogP contribution in [0.2, 0.25) is 0 Å². The topological polar surface area (TPSA) is 34.1 Å². The van der Waals surface area contributed by atoms with Crippen LogP contribution in [0.15, 0.2) is 30.5 Å². The van der Waals surface area contributed by atoms with Crippen molar-refractivity contribution in [1.82, 2.24) is 4.98 Å². The molecule has 7 heteroatoms. The van der Waals surface area contributed by atoms with E-state index in [0.29, 0.717) is 16.5 Å². The predicted octanol–water partition coefficient (Wildman–Crippen LogP) is 3.56. The third-order valence-corrected chi connectivity index (χ3v) is 2.80. The maximum Gasteiger partial charge on any atom is 0.324 e. The van der Waals surface area contributed by atoms with Crippen LogP contribution in [-0.4, -0.2) is 31.0 Å². The Balaban J connectivity index is 2.32.